The quantitative estimate of drug-likeness (QED) is 0.772. The lowest BCUT2D eigenvalue weighted by Gasteiger charge is -2.21. The van der Waals surface area contributed by atoms with Crippen LogP contribution in [0.1, 0.15) is 5.56 Å². The fraction of sp³-hybridized carbons (Fsp3) is 0.111. The zero-order valence-corrected chi connectivity index (χ0v) is 13.7. The lowest BCUT2D eigenvalue weighted by molar-refractivity contribution is -0.105. The molecule has 2 aromatic carbocycles. The summed E-state index contributed by atoms with van der Waals surface area (Å²) in [4.78, 5) is 24.4. The third-order valence-electron chi connectivity index (χ3n) is 3.10. The van der Waals surface area contributed by atoms with Gasteiger partial charge in [-0.2, -0.15) is 0 Å². The van der Waals surface area contributed by atoms with E-state index < -0.39 is 6.09 Å². The van der Waals surface area contributed by atoms with Crippen LogP contribution in [-0.2, 0) is 11.3 Å². The van der Waals surface area contributed by atoms with Gasteiger partial charge in [0.15, 0.2) is 0 Å². The van der Waals surface area contributed by atoms with E-state index in [9.17, 15) is 9.59 Å². The highest BCUT2D eigenvalue weighted by molar-refractivity contribution is 6.29. The fourth-order valence-corrected chi connectivity index (χ4v) is 2.22. The standard InChI is InChI=1S/C18H17ClN2O3/c1-14(19)11-21(12-15-6-3-2-4-7-15)18(23)24-17-9-5-8-16(10-17)20-13-22/h2-10,13H,1,11-12H2,(H,20,22). The molecule has 0 heterocycles. The molecule has 6 heteroatoms. The van der Waals surface area contributed by atoms with Crippen molar-refractivity contribution < 1.29 is 14.3 Å². The van der Waals surface area contributed by atoms with Crippen LogP contribution in [0.5, 0.6) is 5.75 Å². The van der Waals surface area contributed by atoms with E-state index in [1.807, 2.05) is 30.3 Å². The molecule has 2 aromatic rings. The second-order valence-electron chi connectivity index (χ2n) is 5.02. The Morgan fingerprint density at radius 3 is 2.62 bits per heavy atom. The summed E-state index contributed by atoms with van der Waals surface area (Å²) >= 11 is 5.86. The fourth-order valence-electron chi connectivity index (χ4n) is 2.08. The van der Waals surface area contributed by atoms with Gasteiger partial charge in [-0.25, -0.2) is 4.79 Å². The molecule has 0 bridgehead atoms. The number of hydrogen-bond acceptors (Lipinski definition) is 3. The highest BCUT2D eigenvalue weighted by Crippen LogP contribution is 2.19. The minimum atomic E-state index is -0.552. The molecule has 2 rings (SSSR count). The van der Waals surface area contributed by atoms with Crippen molar-refractivity contribution in [3.8, 4) is 5.75 Å². The minimum absolute atomic E-state index is 0.168. The van der Waals surface area contributed by atoms with Gasteiger partial charge in [0.25, 0.3) is 0 Å². The van der Waals surface area contributed by atoms with Crippen molar-refractivity contribution in [3.05, 3.63) is 71.8 Å². The Kier molecular flexibility index (Phi) is 6.40. The van der Waals surface area contributed by atoms with E-state index in [1.54, 1.807) is 24.3 Å². The van der Waals surface area contributed by atoms with Crippen LogP contribution in [0.25, 0.3) is 0 Å². The summed E-state index contributed by atoms with van der Waals surface area (Å²) in [5.41, 5.74) is 1.48. The molecule has 1 N–H and O–H groups in total. The van der Waals surface area contributed by atoms with Crippen molar-refractivity contribution in [2.24, 2.45) is 0 Å². The molecule has 0 fully saturated rings. The van der Waals surface area contributed by atoms with Gasteiger partial charge in [-0.3, -0.25) is 9.69 Å². The Labute approximate surface area is 145 Å². The van der Waals surface area contributed by atoms with Crippen LogP contribution in [-0.4, -0.2) is 23.9 Å². The molecule has 0 aliphatic carbocycles. The number of anilines is 1. The van der Waals surface area contributed by atoms with Gasteiger partial charge in [0.1, 0.15) is 5.75 Å². The number of carbonyl (C=O) groups is 2. The molecule has 0 radical (unpaired) electrons. The van der Waals surface area contributed by atoms with Gasteiger partial charge >= 0.3 is 6.09 Å². The van der Waals surface area contributed by atoms with Crippen LogP contribution in [0.3, 0.4) is 0 Å². The maximum absolute atomic E-state index is 12.4. The number of halogens is 1. The number of ether oxygens (including phenoxy) is 1. The van der Waals surface area contributed by atoms with Crippen molar-refractivity contribution >= 4 is 29.8 Å². The number of carbonyl (C=O) groups excluding carboxylic acids is 2. The molecule has 2 amide bonds. The number of nitrogens with one attached hydrogen (secondary N) is 1. The first-order valence-electron chi connectivity index (χ1n) is 7.22. The Hall–Kier alpha value is -2.79. The summed E-state index contributed by atoms with van der Waals surface area (Å²) in [6, 6.07) is 16.1. The molecule has 0 atom stereocenters. The SMILES string of the molecule is C=C(Cl)CN(Cc1ccccc1)C(=O)Oc1cccc(NC=O)c1. The molecule has 5 nitrogen and oxygen atoms in total. The Balaban J connectivity index is 2.10. The number of amides is 2. The van der Waals surface area contributed by atoms with Gasteiger partial charge in [0, 0.05) is 23.3 Å². The van der Waals surface area contributed by atoms with E-state index in [2.05, 4.69) is 11.9 Å². The average molecular weight is 345 g/mol. The maximum Gasteiger partial charge on any atom is 0.415 e. The molecule has 0 aromatic heterocycles. The van der Waals surface area contributed by atoms with Gasteiger partial charge in [-0.1, -0.05) is 54.6 Å². The van der Waals surface area contributed by atoms with Crippen molar-refractivity contribution in [1.82, 2.24) is 4.90 Å². The Morgan fingerprint density at radius 1 is 1.21 bits per heavy atom. The number of nitrogens with zero attached hydrogens (tertiary/aromatic N) is 1. The van der Waals surface area contributed by atoms with Crippen molar-refractivity contribution in [2.45, 2.75) is 6.54 Å². The zero-order valence-electron chi connectivity index (χ0n) is 12.9. The molecule has 0 saturated heterocycles. The molecule has 0 aliphatic heterocycles. The smallest absolute Gasteiger partial charge is 0.410 e. The highest BCUT2D eigenvalue weighted by Gasteiger charge is 2.17. The van der Waals surface area contributed by atoms with E-state index in [4.69, 9.17) is 16.3 Å². The van der Waals surface area contributed by atoms with Gasteiger partial charge in [-0.15, -0.1) is 0 Å². The molecule has 0 saturated carbocycles. The Bertz CT molecular complexity index is 719. The first-order chi connectivity index (χ1) is 11.6. The van der Waals surface area contributed by atoms with E-state index in [0.717, 1.165) is 5.56 Å². The Morgan fingerprint density at radius 2 is 1.96 bits per heavy atom. The lowest BCUT2D eigenvalue weighted by Crippen LogP contribution is -2.34. The number of hydrogen-bond donors (Lipinski definition) is 1. The lowest BCUT2D eigenvalue weighted by atomic mass is 10.2. The summed E-state index contributed by atoms with van der Waals surface area (Å²) in [5, 5.41) is 2.83. The summed E-state index contributed by atoms with van der Waals surface area (Å²) in [7, 11) is 0. The van der Waals surface area contributed by atoms with E-state index in [-0.39, 0.29) is 6.54 Å². The van der Waals surface area contributed by atoms with Crippen LogP contribution >= 0.6 is 11.6 Å². The predicted molar refractivity (Wildman–Crippen MR) is 94.0 cm³/mol. The summed E-state index contributed by atoms with van der Waals surface area (Å²) in [6.07, 6.45) is 0.00374. The van der Waals surface area contributed by atoms with Crippen LogP contribution < -0.4 is 10.1 Å². The molecule has 124 valence electrons. The monoisotopic (exact) mass is 344 g/mol. The minimum Gasteiger partial charge on any atom is -0.410 e. The van der Waals surface area contributed by atoms with E-state index >= 15 is 0 Å². The van der Waals surface area contributed by atoms with Crippen LogP contribution in [0.4, 0.5) is 10.5 Å². The first kappa shape index (κ1) is 17.6. The number of rotatable bonds is 7. The maximum atomic E-state index is 12.4. The van der Waals surface area contributed by atoms with Crippen LogP contribution in [0.15, 0.2) is 66.2 Å². The normalized spacial score (nSPS) is 9.88. The predicted octanol–water partition coefficient (Wildman–Crippen LogP) is 4.01. The van der Waals surface area contributed by atoms with Crippen molar-refractivity contribution in [3.63, 3.8) is 0 Å². The zero-order chi connectivity index (χ0) is 17.4. The second-order valence-corrected chi connectivity index (χ2v) is 5.55. The average Bonchev–Trinajstić information content (AvgIpc) is 2.55. The number of benzene rings is 2. The van der Waals surface area contributed by atoms with Gasteiger partial charge in [0.05, 0.1) is 6.54 Å². The molecule has 0 unspecified atom stereocenters. The summed E-state index contributed by atoms with van der Waals surface area (Å²) < 4.78 is 5.37. The molecule has 24 heavy (non-hydrogen) atoms. The van der Waals surface area contributed by atoms with Crippen molar-refractivity contribution in [1.29, 1.82) is 0 Å². The molecule has 0 aliphatic rings. The third-order valence-corrected chi connectivity index (χ3v) is 3.22. The van der Waals surface area contributed by atoms with Crippen LogP contribution in [0, 0.1) is 0 Å². The van der Waals surface area contributed by atoms with Gasteiger partial charge in [-0.05, 0) is 17.7 Å². The molecular formula is C18H17ClN2O3. The van der Waals surface area contributed by atoms with Gasteiger partial charge in [0.2, 0.25) is 6.41 Å². The van der Waals surface area contributed by atoms with Crippen LogP contribution in [0.2, 0.25) is 0 Å². The summed E-state index contributed by atoms with van der Waals surface area (Å²) in [5.74, 6) is 0.324. The molecule has 0 spiro atoms. The highest BCUT2D eigenvalue weighted by atomic mass is 35.5. The third kappa shape index (κ3) is 5.44. The van der Waals surface area contributed by atoms with Gasteiger partial charge < -0.3 is 10.1 Å². The topological polar surface area (TPSA) is 58.6 Å². The largest absolute Gasteiger partial charge is 0.415 e. The van der Waals surface area contributed by atoms with E-state index in [0.29, 0.717) is 29.4 Å². The first-order valence-corrected chi connectivity index (χ1v) is 7.60. The van der Waals surface area contributed by atoms with E-state index in [1.165, 1.54) is 4.90 Å². The molecular weight excluding hydrogens is 328 g/mol. The summed E-state index contributed by atoms with van der Waals surface area (Å²) in [6.45, 7) is 4.14. The van der Waals surface area contributed by atoms with Crippen molar-refractivity contribution in [2.75, 3.05) is 11.9 Å². The second kappa shape index (κ2) is 8.74.